The van der Waals surface area contributed by atoms with Crippen LogP contribution in [0.5, 0.6) is 5.75 Å². The molecule has 6 heteroatoms. The molecular formula is C28H23FN2O3. The lowest BCUT2D eigenvalue weighted by molar-refractivity contribution is 0.0690. The van der Waals surface area contributed by atoms with Gasteiger partial charge in [0.1, 0.15) is 11.4 Å². The molecule has 3 aromatic carbocycles. The number of halogens is 1. The van der Waals surface area contributed by atoms with Crippen LogP contribution < -0.4 is 4.74 Å². The molecule has 34 heavy (non-hydrogen) atoms. The lowest BCUT2D eigenvalue weighted by Gasteiger charge is -2.10. The van der Waals surface area contributed by atoms with E-state index in [-0.39, 0.29) is 5.69 Å². The molecule has 0 aliphatic rings. The third kappa shape index (κ3) is 3.99. The van der Waals surface area contributed by atoms with E-state index < -0.39 is 11.9 Å². The number of benzene rings is 3. The Morgan fingerprint density at radius 1 is 1.03 bits per heavy atom. The fourth-order valence-electron chi connectivity index (χ4n) is 4.48. The SMILES string of the molecule is Cc1cnc(F)cc1-c1cccc2c(CCCOc3cccc4ccccc34)c(C(=O)O)[nH]c12. The average molecular weight is 455 g/mol. The van der Waals surface area contributed by atoms with Gasteiger partial charge in [0.25, 0.3) is 0 Å². The number of carbonyl (C=O) groups is 1. The topological polar surface area (TPSA) is 75.2 Å². The van der Waals surface area contributed by atoms with Gasteiger partial charge in [-0.1, -0.05) is 54.6 Å². The zero-order chi connectivity index (χ0) is 23.7. The minimum Gasteiger partial charge on any atom is -0.493 e. The number of aryl methyl sites for hydroxylation is 2. The normalized spacial score (nSPS) is 11.2. The van der Waals surface area contributed by atoms with Crippen LogP contribution in [-0.4, -0.2) is 27.7 Å². The number of nitrogens with one attached hydrogen (secondary N) is 1. The molecule has 0 aliphatic carbocycles. The van der Waals surface area contributed by atoms with E-state index in [0.29, 0.717) is 30.5 Å². The van der Waals surface area contributed by atoms with Crippen LogP contribution >= 0.6 is 0 Å². The first-order chi connectivity index (χ1) is 16.5. The van der Waals surface area contributed by atoms with Crippen molar-refractivity contribution in [2.75, 3.05) is 6.61 Å². The number of rotatable bonds is 7. The van der Waals surface area contributed by atoms with Gasteiger partial charge in [0.15, 0.2) is 0 Å². The van der Waals surface area contributed by atoms with Gasteiger partial charge in [-0.25, -0.2) is 9.78 Å². The highest BCUT2D eigenvalue weighted by Crippen LogP contribution is 2.34. The standard InChI is InChI=1S/C28H23FN2O3/c1-17-16-30-25(29)15-23(17)22-11-5-10-20-21(27(28(32)33)31-26(20)22)12-6-14-34-24-13-4-8-18-7-2-3-9-19(18)24/h2-5,7-11,13,15-16,31H,6,12,14H2,1H3,(H,32,33). The van der Waals surface area contributed by atoms with E-state index in [1.54, 1.807) is 0 Å². The monoisotopic (exact) mass is 454 g/mol. The molecule has 0 aliphatic heterocycles. The van der Waals surface area contributed by atoms with Crippen molar-refractivity contribution in [2.45, 2.75) is 19.8 Å². The Morgan fingerprint density at radius 3 is 2.65 bits per heavy atom. The highest BCUT2D eigenvalue weighted by molar-refractivity contribution is 6.03. The van der Waals surface area contributed by atoms with Crippen molar-refractivity contribution in [3.63, 3.8) is 0 Å². The Labute approximate surface area is 195 Å². The summed E-state index contributed by atoms with van der Waals surface area (Å²) >= 11 is 0. The Balaban J connectivity index is 1.43. The third-order valence-corrected chi connectivity index (χ3v) is 6.09. The van der Waals surface area contributed by atoms with E-state index in [1.807, 2.05) is 67.6 Å². The number of aromatic nitrogens is 2. The Morgan fingerprint density at radius 2 is 1.79 bits per heavy atom. The van der Waals surface area contributed by atoms with Gasteiger partial charge in [-0.05, 0) is 47.9 Å². The largest absolute Gasteiger partial charge is 0.493 e. The first-order valence-electron chi connectivity index (χ1n) is 11.1. The average Bonchev–Trinajstić information content (AvgIpc) is 3.22. The minimum atomic E-state index is -1.02. The predicted octanol–water partition coefficient (Wildman–Crippen LogP) is 6.54. The number of fused-ring (bicyclic) bond motifs is 2. The molecule has 0 amide bonds. The number of aromatic carboxylic acids is 1. The quantitative estimate of drug-likeness (QED) is 0.216. The molecule has 2 N–H and O–H groups in total. The van der Waals surface area contributed by atoms with Crippen molar-refractivity contribution in [3.05, 3.63) is 95.7 Å². The van der Waals surface area contributed by atoms with Crippen LogP contribution in [0.3, 0.4) is 0 Å². The summed E-state index contributed by atoms with van der Waals surface area (Å²) in [5.74, 6) is -0.786. The molecule has 0 spiro atoms. The van der Waals surface area contributed by atoms with Crippen LogP contribution in [0.15, 0.2) is 72.9 Å². The van der Waals surface area contributed by atoms with Crippen LogP contribution in [0, 0.1) is 12.9 Å². The second-order valence-electron chi connectivity index (χ2n) is 8.26. The van der Waals surface area contributed by atoms with E-state index in [1.165, 1.54) is 12.3 Å². The Bertz CT molecular complexity index is 1520. The molecule has 2 heterocycles. The molecule has 0 atom stereocenters. The molecule has 0 unspecified atom stereocenters. The summed E-state index contributed by atoms with van der Waals surface area (Å²) in [7, 11) is 0. The lowest BCUT2D eigenvalue weighted by atomic mass is 9.98. The molecule has 5 aromatic rings. The summed E-state index contributed by atoms with van der Waals surface area (Å²) in [4.78, 5) is 18.8. The van der Waals surface area contributed by atoms with Crippen LogP contribution in [0.4, 0.5) is 4.39 Å². The van der Waals surface area contributed by atoms with E-state index in [4.69, 9.17) is 4.74 Å². The maximum Gasteiger partial charge on any atom is 0.352 e. The van der Waals surface area contributed by atoms with Gasteiger partial charge in [0.05, 0.1) is 12.1 Å². The van der Waals surface area contributed by atoms with Gasteiger partial charge in [-0.3, -0.25) is 0 Å². The number of pyridine rings is 1. The maximum atomic E-state index is 13.9. The number of carboxylic acid groups (broad SMARTS) is 1. The fraction of sp³-hybridized carbons (Fsp3) is 0.143. The van der Waals surface area contributed by atoms with Crippen molar-refractivity contribution >= 4 is 27.6 Å². The molecule has 0 radical (unpaired) electrons. The zero-order valence-corrected chi connectivity index (χ0v) is 18.6. The molecule has 170 valence electrons. The Hall–Kier alpha value is -4.19. The summed E-state index contributed by atoms with van der Waals surface area (Å²) < 4.78 is 19.9. The van der Waals surface area contributed by atoms with Crippen molar-refractivity contribution in [1.29, 1.82) is 0 Å². The van der Waals surface area contributed by atoms with Crippen LogP contribution in [0.2, 0.25) is 0 Å². The van der Waals surface area contributed by atoms with E-state index in [0.717, 1.165) is 38.6 Å². The molecule has 5 nitrogen and oxygen atoms in total. The van der Waals surface area contributed by atoms with Crippen LogP contribution in [0.25, 0.3) is 32.8 Å². The number of aromatic amines is 1. The maximum absolute atomic E-state index is 13.9. The molecule has 0 fully saturated rings. The lowest BCUT2D eigenvalue weighted by Crippen LogP contribution is -2.04. The van der Waals surface area contributed by atoms with Crippen molar-refractivity contribution in [3.8, 4) is 16.9 Å². The van der Waals surface area contributed by atoms with Crippen LogP contribution in [0.1, 0.15) is 28.0 Å². The molecule has 0 bridgehead atoms. The number of hydrogen-bond acceptors (Lipinski definition) is 3. The van der Waals surface area contributed by atoms with Gasteiger partial charge in [0.2, 0.25) is 5.95 Å². The number of ether oxygens (including phenoxy) is 1. The van der Waals surface area contributed by atoms with E-state index >= 15 is 0 Å². The summed E-state index contributed by atoms with van der Waals surface area (Å²) in [5.41, 5.74) is 3.79. The molecule has 0 saturated heterocycles. The predicted molar refractivity (Wildman–Crippen MR) is 131 cm³/mol. The molecule has 5 rings (SSSR count). The van der Waals surface area contributed by atoms with Crippen molar-refractivity contribution in [2.24, 2.45) is 0 Å². The summed E-state index contributed by atoms with van der Waals surface area (Å²) in [6.07, 6.45) is 2.65. The highest BCUT2D eigenvalue weighted by Gasteiger charge is 2.20. The van der Waals surface area contributed by atoms with Crippen molar-refractivity contribution < 1.29 is 19.0 Å². The second kappa shape index (κ2) is 8.98. The number of nitrogens with zero attached hydrogens (tertiary/aromatic N) is 1. The summed E-state index contributed by atoms with van der Waals surface area (Å²) in [5, 5.41) is 12.8. The Kier molecular flexibility index (Phi) is 5.72. The minimum absolute atomic E-state index is 0.153. The summed E-state index contributed by atoms with van der Waals surface area (Å²) in [6.45, 7) is 2.31. The first-order valence-corrected chi connectivity index (χ1v) is 11.1. The molecule has 2 aromatic heterocycles. The third-order valence-electron chi connectivity index (χ3n) is 6.09. The van der Waals surface area contributed by atoms with Crippen molar-refractivity contribution in [1.82, 2.24) is 9.97 Å². The van der Waals surface area contributed by atoms with Crippen LogP contribution in [-0.2, 0) is 6.42 Å². The van der Waals surface area contributed by atoms with Gasteiger partial charge in [-0.2, -0.15) is 4.39 Å². The van der Waals surface area contributed by atoms with Gasteiger partial charge >= 0.3 is 5.97 Å². The second-order valence-corrected chi connectivity index (χ2v) is 8.26. The number of hydrogen-bond donors (Lipinski definition) is 2. The number of carboxylic acids is 1. The van der Waals surface area contributed by atoms with Gasteiger partial charge in [-0.15, -0.1) is 0 Å². The zero-order valence-electron chi connectivity index (χ0n) is 18.6. The highest BCUT2D eigenvalue weighted by atomic mass is 19.1. The fourth-order valence-corrected chi connectivity index (χ4v) is 4.48. The first kappa shape index (κ1) is 21.6. The number of H-pyrrole nitrogens is 1. The van der Waals surface area contributed by atoms with Gasteiger partial charge in [0, 0.05) is 28.6 Å². The number of para-hydroxylation sites is 1. The summed E-state index contributed by atoms with van der Waals surface area (Å²) in [6, 6.07) is 21.0. The smallest absolute Gasteiger partial charge is 0.352 e. The van der Waals surface area contributed by atoms with Gasteiger partial charge < -0.3 is 14.8 Å². The molecule has 0 saturated carbocycles. The van der Waals surface area contributed by atoms with E-state index in [2.05, 4.69) is 9.97 Å². The van der Waals surface area contributed by atoms with E-state index in [9.17, 15) is 14.3 Å². The molecular weight excluding hydrogens is 431 g/mol.